The molecule has 0 bridgehead atoms. The lowest BCUT2D eigenvalue weighted by molar-refractivity contribution is -0.170. The molecular formula is C35H56BrN3O7. The molecule has 2 fully saturated rings. The Kier molecular flexibility index (Phi) is 13.4. The molecule has 46 heavy (non-hydrogen) atoms. The van der Waals surface area contributed by atoms with Gasteiger partial charge in [0.2, 0.25) is 0 Å². The van der Waals surface area contributed by atoms with E-state index in [0.29, 0.717) is 29.9 Å². The van der Waals surface area contributed by atoms with Crippen LogP contribution in [0.5, 0.6) is 0 Å². The average molecular weight is 711 g/mol. The van der Waals surface area contributed by atoms with Crippen LogP contribution in [-0.4, -0.2) is 80.4 Å². The number of rotatable bonds is 13. The largest absolute Gasteiger partial charge is 0.395 e. The number of Topliss-reactive ketones (excluding diaryl/α,β-unsaturated/α-hetero) is 2. The Balaban J connectivity index is 0.000000250. The molecule has 0 aromatic carbocycles. The fourth-order valence-electron chi connectivity index (χ4n) is 5.56. The van der Waals surface area contributed by atoms with Gasteiger partial charge in [0.1, 0.15) is 11.5 Å². The van der Waals surface area contributed by atoms with Crippen LogP contribution in [0, 0.1) is 0 Å². The molecule has 2 aromatic heterocycles. The third kappa shape index (κ3) is 10.5. The Morgan fingerprint density at radius 3 is 1.98 bits per heavy atom. The van der Waals surface area contributed by atoms with Gasteiger partial charge in [0.25, 0.3) is 0 Å². The minimum Gasteiger partial charge on any atom is -0.395 e. The Morgan fingerprint density at radius 2 is 1.46 bits per heavy atom. The van der Waals surface area contributed by atoms with Gasteiger partial charge in [-0.1, -0.05) is 60.4 Å². The van der Waals surface area contributed by atoms with Gasteiger partial charge in [0, 0.05) is 35.6 Å². The standard InChI is InChI=1S/C18H30N2O3.C17H26BrNO4/c1-13-8-6-7-9-20(13)18(4,5)16(22)11-14-10-15(19-23-14)17(2,3)12-21;1-16(2,11-22-15-7-5-6-8-21-15)13-9-12(23-19-13)10-14(20)17(3,4)18/h10,13,21H,6-9,11-12H2,1-5H3;9,15H,5-8,10-11H2,1-4H3. The van der Waals surface area contributed by atoms with Gasteiger partial charge in [-0.3, -0.25) is 14.5 Å². The summed E-state index contributed by atoms with van der Waals surface area (Å²) in [4.78, 5) is 27.2. The third-order valence-electron chi connectivity index (χ3n) is 9.20. The van der Waals surface area contributed by atoms with E-state index in [4.69, 9.17) is 18.5 Å². The lowest BCUT2D eigenvalue weighted by atomic mass is 9.87. The number of aliphatic hydroxyl groups excluding tert-OH is 1. The van der Waals surface area contributed by atoms with Crippen LogP contribution in [0.2, 0.25) is 0 Å². The second-order valence-corrected chi connectivity index (χ2v) is 17.1. The van der Waals surface area contributed by atoms with Crippen molar-refractivity contribution in [2.45, 2.75) is 147 Å². The lowest BCUT2D eigenvalue weighted by Crippen LogP contribution is -2.56. The van der Waals surface area contributed by atoms with Crippen molar-refractivity contribution in [2.75, 3.05) is 26.4 Å². The molecular weight excluding hydrogens is 654 g/mol. The first-order valence-electron chi connectivity index (χ1n) is 16.7. The fraction of sp³-hybridized carbons (Fsp3) is 0.771. The first-order valence-corrected chi connectivity index (χ1v) is 17.4. The van der Waals surface area contributed by atoms with E-state index in [9.17, 15) is 14.7 Å². The van der Waals surface area contributed by atoms with E-state index in [0.717, 1.165) is 50.9 Å². The molecule has 2 aliphatic rings. The number of likely N-dealkylation sites (tertiary alicyclic amines) is 1. The maximum atomic E-state index is 12.8. The minimum atomic E-state index is -0.559. The molecule has 0 radical (unpaired) electrons. The average Bonchev–Trinajstić information content (AvgIpc) is 3.68. The number of ether oxygens (including phenoxy) is 2. The zero-order valence-corrected chi connectivity index (χ0v) is 31.0. The monoisotopic (exact) mass is 709 g/mol. The molecule has 11 heteroatoms. The highest BCUT2D eigenvalue weighted by Gasteiger charge is 2.38. The summed E-state index contributed by atoms with van der Waals surface area (Å²) in [5.74, 6) is 1.37. The van der Waals surface area contributed by atoms with Gasteiger partial charge in [-0.15, -0.1) is 0 Å². The molecule has 0 spiro atoms. The summed E-state index contributed by atoms with van der Waals surface area (Å²) in [6, 6.07) is 4.08. The highest BCUT2D eigenvalue weighted by molar-refractivity contribution is 9.10. The zero-order chi connectivity index (χ0) is 34.3. The predicted octanol–water partition coefficient (Wildman–Crippen LogP) is 6.49. The van der Waals surface area contributed by atoms with Gasteiger partial charge in [-0.2, -0.15) is 0 Å². The van der Waals surface area contributed by atoms with E-state index in [1.54, 1.807) is 6.07 Å². The second kappa shape index (κ2) is 16.0. The number of aliphatic hydroxyl groups is 1. The van der Waals surface area contributed by atoms with Crippen molar-refractivity contribution >= 4 is 27.5 Å². The molecule has 0 saturated carbocycles. The Hall–Kier alpha value is -1.92. The molecule has 2 aliphatic heterocycles. The summed E-state index contributed by atoms with van der Waals surface area (Å²) in [7, 11) is 0. The molecule has 2 unspecified atom stereocenters. The van der Waals surface area contributed by atoms with Crippen molar-refractivity contribution in [3.63, 3.8) is 0 Å². The Morgan fingerprint density at radius 1 is 0.891 bits per heavy atom. The zero-order valence-electron chi connectivity index (χ0n) is 29.4. The van der Waals surface area contributed by atoms with E-state index < -0.39 is 15.3 Å². The summed E-state index contributed by atoms with van der Waals surface area (Å²) < 4.78 is 21.6. The van der Waals surface area contributed by atoms with E-state index in [1.165, 1.54) is 6.42 Å². The van der Waals surface area contributed by atoms with Crippen LogP contribution < -0.4 is 0 Å². The summed E-state index contributed by atoms with van der Waals surface area (Å²) in [5, 5.41) is 17.6. The molecule has 4 heterocycles. The fourth-order valence-corrected chi connectivity index (χ4v) is 5.70. The van der Waals surface area contributed by atoms with Crippen LogP contribution in [0.25, 0.3) is 0 Å². The number of alkyl halides is 1. The molecule has 0 amide bonds. The second-order valence-electron chi connectivity index (χ2n) is 15.2. The highest BCUT2D eigenvalue weighted by atomic mass is 79.9. The van der Waals surface area contributed by atoms with Crippen molar-refractivity contribution in [1.82, 2.24) is 15.2 Å². The van der Waals surface area contributed by atoms with Crippen LogP contribution in [-0.2, 0) is 42.7 Å². The molecule has 2 saturated heterocycles. The number of ketones is 2. The number of carbonyl (C=O) groups excluding carboxylic acids is 2. The van der Waals surface area contributed by atoms with Gasteiger partial charge in [0.05, 0.1) is 47.3 Å². The first kappa shape index (κ1) is 38.5. The maximum Gasteiger partial charge on any atom is 0.160 e. The number of aromatic nitrogens is 2. The Bertz CT molecular complexity index is 1270. The van der Waals surface area contributed by atoms with Gasteiger partial charge in [-0.05, 0) is 73.3 Å². The molecule has 2 atom stereocenters. The van der Waals surface area contributed by atoms with Crippen LogP contribution in [0.4, 0.5) is 0 Å². The van der Waals surface area contributed by atoms with Crippen molar-refractivity contribution in [3.05, 3.63) is 35.0 Å². The van der Waals surface area contributed by atoms with Crippen LogP contribution in [0.3, 0.4) is 0 Å². The normalized spacial score (nSPS) is 20.2. The molecule has 1 N–H and O–H groups in total. The van der Waals surface area contributed by atoms with Crippen LogP contribution >= 0.6 is 15.9 Å². The van der Waals surface area contributed by atoms with E-state index in [1.807, 2.05) is 61.5 Å². The quantitative estimate of drug-likeness (QED) is 0.231. The topological polar surface area (TPSA) is 128 Å². The van der Waals surface area contributed by atoms with Crippen molar-refractivity contribution in [1.29, 1.82) is 0 Å². The van der Waals surface area contributed by atoms with Gasteiger partial charge in [0.15, 0.2) is 17.9 Å². The molecule has 260 valence electrons. The number of carbonyl (C=O) groups is 2. The highest BCUT2D eigenvalue weighted by Crippen LogP contribution is 2.29. The molecule has 10 nitrogen and oxygen atoms in total. The lowest BCUT2D eigenvalue weighted by Gasteiger charge is -2.44. The molecule has 4 rings (SSSR count). The maximum absolute atomic E-state index is 12.8. The first-order chi connectivity index (χ1) is 21.4. The summed E-state index contributed by atoms with van der Waals surface area (Å²) >= 11 is 3.37. The SMILES string of the molecule is CC(C)(Br)C(=O)Cc1cc(C(C)(C)COC2CCCCO2)no1.CC1CCCCN1C(C)(C)C(=O)Cc1cc(C(C)(C)CO)no1. The number of hydrogen-bond donors (Lipinski definition) is 1. The van der Waals surface area contributed by atoms with E-state index in [-0.39, 0.29) is 42.7 Å². The van der Waals surface area contributed by atoms with Gasteiger partial charge in [-0.25, -0.2) is 0 Å². The van der Waals surface area contributed by atoms with Gasteiger partial charge < -0.3 is 23.6 Å². The number of piperidine rings is 1. The minimum absolute atomic E-state index is 0.0102. The summed E-state index contributed by atoms with van der Waals surface area (Å²) in [6.45, 7) is 20.0. The molecule has 2 aromatic rings. The number of halogens is 1. The third-order valence-corrected chi connectivity index (χ3v) is 9.65. The van der Waals surface area contributed by atoms with Crippen molar-refractivity contribution < 1.29 is 33.2 Å². The number of nitrogens with zero attached hydrogens (tertiary/aromatic N) is 3. The Labute approximate surface area is 283 Å². The van der Waals surface area contributed by atoms with Crippen molar-refractivity contribution in [3.8, 4) is 0 Å². The molecule has 0 aliphatic carbocycles. The predicted molar refractivity (Wildman–Crippen MR) is 180 cm³/mol. The van der Waals surface area contributed by atoms with E-state index >= 15 is 0 Å². The summed E-state index contributed by atoms with van der Waals surface area (Å²) in [5.41, 5.74) is 0.228. The number of hydrogen-bond acceptors (Lipinski definition) is 10. The summed E-state index contributed by atoms with van der Waals surface area (Å²) in [6.07, 6.45) is 7.08. The van der Waals surface area contributed by atoms with E-state index in [2.05, 4.69) is 38.1 Å². The van der Waals surface area contributed by atoms with Gasteiger partial charge >= 0.3 is 0 Å². The smallest absolute Gasteiger partial charge is 0.160 e. The van der Waals surface area contributed by atoms with Crippen molar-refractivity contribution in [2.24, 2.45) is 0 Å². The van der Waals surface area contributed by atoms with Crippen LogP contribution in [0.15, 0.2) is 21.2 Å². The van der Waals surface area contributed by atoms with Crippen LogP contribution in [0.1, 0.15) is 124 Å².